The molecule has 0 saturated carbocycles. The van der Waals surface area contributed by atoms with Crippen LogP contribution in [-0.4, -0.2) is 25.5 Å². The second kappa shape index (κ2) is 11.7. The summed E-state index contributed by atoms with van der Waals surface area (Å²) in [6.45, 7) is 3.37. The summed E-state index contributed by atoms with van der Waals surface area (Å²) in [5.41, 5.74) is 6.11. The van der Waals surface area contributed by atoms with Gasteiger partial charge in [-0.1, -0.05) is 19.1 Å². The molecule has 0 aliphatic rings. The maximum Gasteiger partial charge on any atom is 0.255 e. The molecule has 1 heterocycles. The summed E-state index contributed by atoms with van der Waals surface area (Å²) in [5, 5.41) is 6.57. The normalized spacial score (nSPS) is 10.8. The highest BCUT2D eigenvalue weighted by molar-refractivity contribution is 14.0. The highest BCUT2D eigenvalue weighted by atomic mass is 127. The summed E-state index contributed by atoms with van der Waals surface area (Å²) in [4.78, 5) is 17.7. The molecule has 0 unspecified atom stereocenters. The fourth-order valence-electron chi connectivity index (χ4n) is 2.18. The number of hydrogen-bond donors (Lipinski definition) is 3. The van der Waals surface area contributed by atoms with Crippen LogP contribution in [0.25, 0.3) is 0 Å². The number of guanidine groups is 1. The number of carbonyl (C=O) groups is 1. The summed E-state index contributed by atoms with van der Waals surface area (Å²) in [6, 6.07) is 11.8. The van der Waals surface area contributed by atoms with E-state index >= 15 is 0 Å². The average Bonchev–Trinajstić information content (AvgIpc) is 3.08. The molecule has 0 aliphatic heterocycles. The standard InChI is InChI=1S/C18H24N4O2S.HI/c1-3-15-7-8-16(25-15)11-22-18(20-2)21-10-13-5-4-6-14(9-13)24-12-17(19)23;/h4-9H,3,10-12H2,1-2H3,(H2,19,23)(H2,20,21,22);1H. The monoisotopic (exact) mass is 488 g/mol. The molecule has 0 bridgehead atoms. The van der Waals surface area contributed by atoms with Gasteiger partial charge in [0, 0.05) is 23.3 Å². The van der Waals surface area contributed by atoms with Crippen LogP contribution in [0, 0.1) is 0 Å². The van der Waals surface area contributed by atoms with Crippen LogP contribution >= 0.6 is 35.3 Å². The fraction of sp³-hybridized carbons (Fsp3) is 0.333. The Morgan fingerprint density at radius 1 is 1.19 bits per heavy atom. The van der Waals surface area contributed by atoms with Crippen molar-refractivity contribution >= 4 is 47.2 Å². The average molecular weight is 488 g/mol. The van der Waals surface area contributed by atoms with Crippen LogP contribution in [-0.2, 0) is 24.3 Å². The number of ether oxygens (including phenoxy) is 1. The quantitative estimate of drug-likeness (QED) is 0.303. The SMILES string of the molecule is CCc1ccc(CNC(=NC)NCc2cccc(OCC(N)=O)c2)s1.I. The Morgan fingerprint density at radius 3 is 2.58 bits per heavy atom. The number of thiophene rings is 1. The molecule has 2 aromatic rings. The van der Waals surface area contributed by atoms with Crippen LogP contribution < -0.4 is 21.1 Å². The van der Waals surface area contributed by atoms with Gasteiger partial charge in [-0.15, -0.1) is 35.3 Å². The smallest absolute Gasteiger partial charge is 0.255 e. The Hall–Kier alpha value is -1.81. The zero-order valence-electron chi connectivity index (χ0n) is 15.0. The number of aliphatic imine (C=N–C) groups is 1. The van der Waals surface area contributed by atoms with E-state index in [0.29, 0.717) is 12.3 Å². The van der Waals surface area contributed by atoms with Gasteiger partial charge in [-0.3, -0.25) is 9.79 Å². The molecule has 0 saturated heterocycles. The third kappa shape index (κ3) is 7.61. The first-order valence-electron chi connectivity index (χ1n) is 8.13. The van der Waals surface area contributed by atoms with E-state index < -0.39 is 5.91 Å². The number of hydrogen-bond acceptors (Lipinski definition) is 4. The van der Waals surface area contributed by atoms with Gasteiger partial charge in [0.1, 0.15) is 5.75 Å². The first-order chi connectivity index (χ1) is 12.1. The molecule has 0 fully saturated rings. The van der Waals surface area contributed by atoms with Crippen LogP contribution in [0.15, 0.2) is 41.4 Å². The minimum Gasteiger partial charge on any atom is -0.484 e. The Kier molecular flexibility index (Phi) is 10.0. The van der Waals surface area contributed by atoms with E-state index in [1.807, 2.05) is 29.5 Å². The first-order valence-corrected chi connectivity index (χ1v) is 8.94. The molecule has 8 heteroatoms. The molecule has 2 rings (SSSR count). The van der Waals surface area contributed by atoms with Crippen molar-refractivity contribution in [2.24, 2.45) is 10.7 Å². The Balaban J connectivity index is 0.00000338. The fourth-order valence-corrected chi connectivity index (χ4v) is 3.08. The van der Waals surface area contributed by atoms with E-state index in [4.69, 9.17) is 10.5 Å². The summed E-state index contributed by atoms with van der Waals surface area (Å²) < 4.78 is 5.31. The van der Waals surface area contributed by atoms with Crippen LogP contribution in [0.4, 0.5) is 0 Å². The Labute approximate surface area is 175 Å². The highest BCUT2D eigenvalue weighted by Gasteiger charge is 2.03. The molecule has 6 nitrogen and oxygen atoms in total. The topological polar surface area (TPSA) is 88.7 Å². The van der Waals surface area contributed by atoms with Crippen LogP contribution in [0.1, 0.15) is 22.2 Å². The predicted molar refractivity (Wildman–Crippen MR) is 117 cm³/mol. The number of benzene rings is 1. The second-order valence-electron chi connectivity index (χ2n) is 5.40. The lowest BCUT2D eigenvalue weighted by Crippen LogP contribution is -2.36. The Bertz CT molecular complexity index is 733. The van der Waals surface area contributed by atoms with Crippen molar-refractivity contribution in [2.75, 3.05) is 13.7 Å². The van der Waals surface area contributed by atoms with Crippen molar-refractivity contribution in [3.8, 4) is 5.75 Å². The zero-order chi connectivity index (χ0) is 18.1. The molecule has 1 aromatic heterocycles. The summed E-state index contributed by atoms with van der Waals surface area (Å²) in [7, 11) is 1.74. The van der Waals surface area contributed by atoms with E-state index in [-0.39, 0.29) is 30.6 Å². The Morgan fingerprint density at radius 2 is 1.92 bits per heavy atom. The van der Waals surface area contributed by atoms with E-state index in [1.165, 1.54) is 9.75 Å². The number of nitrogens with zero attached hydrogens (tertiary/aromatic N) is 1. The number of rotatable bonds is 8. The lowest BCUT2D eigenvalue weighted by atomic mass is 10.2. The molecule has 0 atom stereocenters. The van der Waals surface area contributed by atoms with Gasteiger partial charge in [0.25, 0.3) is 5.91 Å². The van der Waals surface area contributed by atoms with Gasteiger partial charge >= 0.3 is 0 Å². The minimum atomic E-state index is -0.493. The number of aryl methyl sites for hydroxylation is 1. The van der Waals surface area contributed by atoms with E-state index in [1.54, 1.807) is 13.1 Å². The van der Waals surface area contributed by atoms with Gasteiger partial charge < -0.3 is 21.1 Å². The molecule has 26 heavy (non-hydrogen) atoms. The number of primary amides is 1. The van der Waals surface area contributed by atoms with Crippen molar-refractivity contribution in [2.45, 2.75) is 26.4 Å². The number of nitrogens with one attached hydrogen (secondary N) is 2. The third-order valence-electron chi connectivity index (χ3n) is 3.46. The second-order valence-corrected chi connectivity index (χ2v) is 6.66. The summed E-state index contributed by atoms with van der Waals surface area (Å²) >= 11 is 1.81. The molecule has 4 N–H and O–H groups in total. The molecular formula is C18H25IN4O2S. The number of amides is 1. The third-order valence-corrected chi connectivity index (χ3v) is 4.69. The minimum absolute atomic E-state index is 0. The first kappa shape index (κ1) is 22.2. The maximum absolute atomic E-state index is 10.8. The predicted octanol–water partition coefficient (Wildman–Crippen LogP) is 2.66. The van der Waals surface area contributed by atoms with E-state index in [9.17, 15) is 4.79 Å². The van der Waals surface area contributed by atoms with Crippen molar-refractivity contribution in [1.29, 1.82) is 0 Å². The van der Waals surface area contributed by atoms with Gasteiger partial charge in [-0.05, 0) is 36.2 Å². The number of nitrogens with two attached hydrogens (primary N) is 1. The van der Waals surface area contributed by atoms with Gasteiger partial charge in [0.15, 0.2) is 12.6 Å². The molecule has 0 spiro atoms. The van der Waals surface area contributed by atoms with Crippen molar-refractivity contribution in [1.82, 2.24) is 10.6 Å². The molecule has 142 valence electrons. The summed E-state index contributed by atoms with van der Waals surface area (Å²) in [5.74, 6) is 0.856. The van der Waals surface area contributed by atoms with Gasteiger partial charge in [-0.25, -0.2) is 0 Å². The highest BCUT2D eigenvalue weighted by Crippen LogP contribution is 2.16. The largest absolute Gasteiger partial charge is 0.484 e. The lowest BCUT2D eigenvalue weighted by molar-refractivity contribution is -0.119. The van der Waals surface area contributed by atoms with E-state index in [0.717, 1.165) is 24.5 Å². The van der Waals surface area contributed by atoms with E-state index in [2.05, 4.69) is 34.7 Å². The van der Waals surface area contributed by atoms with Crippen LogP contribution in [0.3, 0.4) is 0 Å². The molecule has 1 aromatic carbocycles. The molecule has 0 radical (unpaired) electrons. The van der Waals surface area contributed by atoms with Crippen LogP contribution in [0.2, 0.25) is 0 Å². The zero-order valence-corrected chi connectivity index (χ0v) is 18.1. The number of halogens is 1. The lowest BCUT2D eigenvalue weighted by Gasteiger charge is -2.12. The van der Waals surface area contributed by atoms with Crippen LogP contribution in [0.5, 0.6) is 5.75 Å². The maximum atomic E-state index is 10.8. The number of carbonyl (C=O) groups excluding carboxylic acids is 1. The molecule has 1 amide bonds. The molecular weight excluding hydrogens is 463 g/mol. The van der Waals surface area contributed by atoms with Gasteiger partial charge in [0.2, 0.25) is 0 Å². The van der Waals surface area contributed by atoms with Crippen molar-refractivity contribution in [3.63, 3.8) is 0 Å². The van der Waals surface area contributed by atoms with Crippen molar-refractivity contribution < 1.29 is 9.53 Å². The van der Waals surface area contributed by atoms with Gasteiger partial charge in [0.05, 0.1) is 6.54 Å². The van der Waals surface area contributed by atoms with Crippen molar-refractivity contribution in [3.05, 3.63) is 51.7 Å². The molecule has 0 aliphatic carbocycles. The summed E-state index contributed by atoms with van der Waals surface area (Å²) in [6.07, 6.45) is 1.06. The van der Waals surface area contributed by atoms with Gasteiger partial charge in [-0.2, -0.15) is 0 Å².